The van der Waals surface area contributed by atoms with Crippen LogP contribution in [0.2, 0.25) is 0 Å². The Morgan fingerprint density at radius 3 is 2.67 bits per heavy atom. The number of benzene rings is 1. The van der Waals surface area contributed by atoms with Crippen LogP contribution in [-0.4, -0.2) is 30.1 Å². The molecule has 5 nitrogen and oxygen atoms in total. The molecule has 1 N–H and O–H groups in total. The third-order valence-electron chi connectivity index (χ3n) is 4.52. The van der Waals surface area contributed by atoms with E-state index in [0.29, 0.717) is 19.4 Å². The number of hydrogen-bond acceptors (Lipinski definition) is 4. The molecule has 1 aromatic carbocycles. The maximum atomic E-state index is 12.3. The van der Waals surface area contributed by atoms with E-state index in [9.17, 15) is 14.7 Å². The molecule has 0 aliphatic carbocycles. The zero-order chi connectivity index (χ0) is 17.6. The summed E-state index contributed by atoms with van der Waals surface area (Å²) in [6.45, 7) is 4.57. The van der Waals surface area contributed by atoms with E-state index in [2.05, 4.69) is 5.32 Å². The van der Waals surface area contributed by atoms with Gasteiger partial charge in [-0.25, -0.2) is 0 Å². The Balaban J connectivity index is 1.92. The standard InChI is InChI=1S/C19H27NO4/c1-19(2)13-15(10-11-24-19)16(12-18(22)23)20-17(21)9-8-14-6-4-3-5-7-14/h3-7,15-16H,8-13H2,1-2H3,(H,20,21)(H,22,23)/p-1/t15-,16+/m0/s1. The van der Waals surface area contributed by atoms with Crippen molar-refractivity contribution in [3.05, 3.63) is 35.9 Å². The number of ether oxygens (including phenoxy) is 1. The molecule has 0 spiro atoms. The van der Waals surface area contributed by atoms with Gasteiger partial charge in [-0.15, -0.1) is 0 Å². The number of aliphatic carboxylic acids is 1. The van der Waals surface area contributed by atoms with E-state index in [1.807, 2.05) is 44.2 Å². The summed E-state index contributed by atoms with van der Waals surface area (Å²) < 4.78 is 5.69. The third kappa shape index (κ3) is 5.96. The van der Waals surface area contributed by atoms with Gasteiger partial charge in [0, 0.05) is 31.5 Å². The second-order valence-corrected chi connectivity index (χ2v) is 7.10. The van der Waals surface area contributed by atoms with E-state index in [4.69, 9.17) is 4.74 Å². The first-order chi connectivity index (χ1) is 11.4. The number of carbonyl (C=O) groups excluding carboxylic acids is 2. The summed E-state index contributed by atoms with van der Waals surface area (Å²) in [5.41, 5.74) is 0.804. The van der Waals surface area contributed by atoms with Gasteiger partial charge >= 0.3 is 0 Å². The van der Waals surface area contributed by atoms with Gasteiger partial charge in [0.15, 0.2) is 0 Å². The predicted molar refractivity (Wildman–Crippen MR) is 89.1 cm³/mol. The van der Waals surface area contributed by atoms with E-state index in [0.717, 1.165) is 18.4 Å². The second-order valence-electron chi connectivity index (χ2n) is 7.10. The number of carboxylic acids is 1. The fourth-order valence-electron chi connectivity index (χ4n) is 3.32. The molecular formula is C19H26NO4-. The van der Waals surface area contributed by atoms with E-state index in [1.165, 1.54) is 0 Å². The lowest BCUT2D eigenvalue weighted by molar-refractivity contribution is -0.306. The molecule has 1 aromatic rings. The minimum absolute atomic E-state index is 0.0901. The molecule has 132 valence electrons. The number of rotatable bonds is 7. The highest BCUT2D eigenvalue weighted by Crippen LogP contribution is 2.31. The first-order valence-corrected chi connectivity index (χ1v) is 8.53. The van der Waals surface area contributed by atoms with Gasteiger partial charge in [0.2, 0.25) is 5.91 Å². The van der Waals surface area contributed by atoms with Crippen LogP contribution in [0.5, 0.6) is 0 Å². The Kier molecular flexibility index (Phi) is 6.37. The minimum Gasteiger partial charge on any atom is -0.550 e. The van der Waals surface area contributed by atoms with Crippen LogP contribution in [0, 0.1) is 5.92 Å². The van der Waals surface area contributed by atoms with Crippen LogP contribution in [0.4, 0.5) is 0 Å². The van der Waals surface area contributed by atoms with Crippen molar-refractivity contribution in [3.63, 3.8) is 0 Å². The van der Waals surface area contributed by atoms with E-state index >= 15 is 0 Å². The van der Waals surface area contributed by atoms with Crippen molar-refractivity contribution < 1.29 is 19.4 Å². The van der Waals surface area contributed by atoms with Gasteiger partial charge in [0.25, 0.3) is 0 Å². The molecule has 0 aromatic heterocycles. The van der Waals surface area contributed by atoms with Crippen molar-refractivity contribution in [2.75, 3.05) is 6.61 Å². The van der Waals surface area contributed by atoms with Crippen molar-refractivity contribution in [2.24, 2.45) is 5.92 Å². The number of hydrogen-bond donors (Lipinski definition) is 1. The quantitative estimate of drug-likeness (QED) is 0.820. The normalized spacial score (nSPS) is 21.0. The Morgan fingerprint density at radius 1 is 1.33 bits per heavy atom. The molecule has 2 atom stereocenters. The monoisotopic (exact) mass is 332 g/mol. The summed E-state index contributed by atoms with van der Waals surface area (Å²) in [4.78, 5) is 23.3. The molecule has 0 saturated carbocycles. The summed E-state index contributed by atoms with van der Waals surface area (Å²) in [6, 6.07) is 9.38. The minimum atomic E-state index is -1.13. The lowest BCUT2D eigenvalue weighted by Gasteiger charge is -2.39. The summed E-state index contributed by atoms with van der Waals surface area (Å²) in [5.74, 6) is -1.16. The molecule has 0 unspecified atom stereocenters. The van der Waals surface area contributed by atoms with Crippen molar-refractivity contribution in [3.8, 4) is 0 Å². The second kappa shape index (κ2) is 8.29. The molecule has 2 rings (SSSR count). The molecule has 1 fully saturated rings. The third-order valence-corrected chi connectivity index (χ3v) is 4.52. The molecule has 1 saturated heterocycles. The number of carbonyl (C=O) groups is 2. The van der Waals surface area contributed by atoms with Crippen LogP contribution < -0.4 is 10.4 Å². The van der Waals surface area contributed by atoms with Crippen LogP contribution >= 0.6 is 0 Å². The fourth-order valence-corrected chi connectivity index (χ4v) is 3.32. The molecule has 1 amide bonds. The number of nitrogens with one attached hydrogen (secondary N) is 1. The first-order valence-electron chi connectivity index (χ1n) is 8.53. The summed E-state index contributed by atoms with van der Waals surface area (Å²) in [7, 11) is 0. The van der Waals surface area contributed by atoms with Crippen LogP contribution in [0.15, 0.2) is 30.3 Å². The molecule has 0 bridgehead atoms. The number of amides is 1. The SMILES string of the molecule is CC1(C)C[C@@H]([C@@H](CC(=O)[O-])NC(=O)CCc2ccccc2)CCO1. The zero-order valence-corrected chi connectivity index (χ0v) is 14.4. The molecule has 1 aliphatic rings. The summed E-state index contributed by atoms with van der Waals surface area (Å²) in [5, 5.41) is 14.0. The summed E-state index contributed by atoms with van der Waals surface area (Å²) >= 11 is 0. The van der Waals surface area contributed by atoms with Crippen LogP contribution in [0.25, 0.3) is 0 Å². The van der Waals surface area contributed by atoms with E-state index in [-0.39, 0.29) is 23.8 Å². The highest BCUT2D eigenvalue weighted by molar-refractivity contribution is 5.77. The largest absolute Gasteiger partial charge is 0.550 e. The highest BCUT2D eigenvalue weighted by Gasteiger charge is 2.34. The fraction of sp³-hybridized carbons (Fsp3) is 0.579. The van der Waals surface area contributed by atoms with Crippen LogP contribution in [-0.2, 0) is 20.7 Å². The van der Waals surface area contributed by atoms with Gasteiger partial charge in [-0.2, -0.15) is 0 Å². The van der Waals surface area contributed by atoms with Gasteiger partial charge in [0.05, 0.1) is 5.60 Å². The lowest BCUT2D eigenvalue weighted by Crippen LogP contribution is -2.48. The Morgan fingerprint density at radius 2 is 2.04 bits per heavy atom. The molecule has 24 heavy (non-hydrogen) atoms. The van der Waals surface area contributed by atoms with Crippen molar-refractivity contribution >= 4 is 11.9 Å². The van der Waals surface area contributed by atoms with Gasteiger partial charge in [-0.3, -0.25) is 4.79 Å². The van der Waals surface area contributed by atoms with E-state index < -0.39 is 12.0 Å². The molecule has 0 radical (unpaired) electrons. The van der Waals surface area contributed by atoms with Crippen molar-refractivity contribution in [2.45, 2.75) is 57.6 Å². The predicted octanol–water partition coefficient (Wildman–Crippen LogP) is 1.45. The molecule has 1 aliphatic heterocycles. The van der Waals surface area contributed by atoms with E-state index in [1.54, 1.807) is 0 Å². The number of carboxylic acid groups (broad SMARTS) is 1. The maximum Gasteiger partial charge on any atom is 0.220 e. The summed E-state index contributed by atoms with van der Waals surface area (Å²) in [6.07, 6.45) is 2.31. The smallest absolute Gasteiger partial charge is 0.220 e. The first kappa shape index (κ1) is 18.5. The van der Waals surface area contributed by atoms with Crippen molar-refractivity contribution in [1.29, 1.82) is 0 Å². The van der Waals surface area contributed by atoms with Crippen molar-refractivity contribution in [1.82, 2.24) is 5.32 Å². The van der Waals surface area contributed by atoms with Gasteiger partial charge < -0.3 is 20.0 Å². The van der Waals surface area contributed by atoms with Crippen LogP contribution in [0.3, 0.4) is 0 Å². The highest BCUT2D eigenvalue weighted by atomic mass is 16.5. The zero-order valence-electron chi connectivity index (χ0n) is 14.4. The molecule has 1 heterocycles. The Bertz CT molecular complexity index is 556. The van der Waals surface area contributed by atoms with Gasteiger partial charge in [-0.1, -0.05) is 30.3 Å². The average molecular weight is 332 g/mol. The van der Waals surface area contributed by atoms with Crippen LogP contribution in [0.1, 0.15) is 45.1 Å². The molecular weight excluding hydrogens is 306 g/mol. The number of aryl methyl sites for hydroxylation is 1. The van der Waals surface area contributed by atoms with Gasteiger partial charge in [-0.05, 0) is 44.6 Å². The average Bonchev–Trinajstić information content (AvgIpc) is 2.52. The topological polar surface area (TPSA) is 78.5 Å². The Hall–Kier alpha value is -1.88. The lowest BCUT2D eigenvalue weighted by atomic mass is 9.82. The molecule has 5 heteroatoms. The Labute approximate surface area is 143 Å². The maximum absolute atomic E-state index is 12.3. The van der Waals surface area contributed by atoms with Gasteiger partial charge in [0.1, 0.15) is 0 Å².